The Morgan fingerprint density at radius 3 is 1.75 bits per heavy atom. The fraction of sp³-hybridized carbons (Fsp3) is 0.400. The van der Waals surface area contributed by atoms with Gasteiger partial charge in [-0.05, 0) is 24.8 Å². The van der Waals surface area contributed by atoms with E-state index in [1.807, 2.05) is 0 Å². The summed E-state index contributed by atoms with van der Waals surface area (Å²) in [6, 6.07) is 22.5. The molecule has 0 aliphatic rings. The van der Waals surface area contributed by atoms with Crippen LogP contribution in [0.25, 0.3) is 0 Å². The Morgan fingerprint density at radius 1 is 0.917 bits per heavy atom. The first-order chi connectivity index (χ1) is 11.1. The van der Waals surface area contributed by atoms with Crippen molar-refractivity contribution >= 4 is 30.9 Å². The molecule has 0 saturated heterocycles. The summed E-state index contributed by atoms with van der Waals surface area (Å²) in [6.45, 7) is 4.70. The van der Waals surface area contributed by atoms with E-state index in [-0.39, 0.29) is 24.7 Å². The van der Waals surface area contributed by atoms with Crippen molar-refractivity contribution in [2.24, 2.45) is 11.7 Å². The highest BCUT2D eigenvalue weighted by atomic mass is 35.5. The number of rotatable bonds is 8. The fourth-order valence-corrected chi connectivity index (χ4v) is 8.91. The van der Waals surface area contributed by atoms with E-state index in [4.69, 9.17) is 5.73 Å². The second-order valence-electron chi connectivity index (χ2n) is 6.77. The van der Waals surface area contributed by atoms with E-state index in [0.29, 0.717) is 5.92 Å². The maximum atomic E-state index is 9.47. The largest absolute Gasteiger partial charge is 0.396 e. The van der Waals surface area contributed by atoms with E-state index >= 15 is 0 Å². The molecule has 0 spiro atoms. The minimum absolute atomic E-state index is 0. The Balaban J connectivity index is 0.00000288. The Morgan fingerprint density at radius 2 is 1.38 bits per heavy atom. The van der Waals surface area contributed by atoms with Gasteiger partial charge in [0.25, 0.3) is 0 Å². The van der Waals surface area contributed by atoms with Crippen LogP contribution in [0.4, 0.5) is 0 Å². The number of halogens is 1. The Labute approximate surface area is 153 Å². The molecule has 0 aromatic heterocycles. The normalized spacial score (nSPS) is 12.7. The molecule has 1 atom stereocenters. The standard InChI is InChI=1S/C20H29NOSi.ClH/c1-17(2)16-20(21)23(15-9-14-22,18-10-5-3-6-11-18)19-12-7-4-8-13-19;/h3-8,10-13,17,20,22H,9,14-16,21H2,1-2H3;1H/t20-;/m1./s1. The van der Waals surface area contributed by atoms with Crippen LogP contribution in [0.2, 0.25) is 6.04 Å². The van der Waals surface area contributed by atoms with Crippen molar-refractivity contribution in [3.8, 4) is 0 Å². The zero-order valence-electron chi connectivity index (χ0n) is 14.7. The third kappa shape index (κ3) is 4.70. The van der Waals surface area contributed by atoms with Crippen LogP contribution < -0.4 is 16.1 Å². The summed E-state index contributed by atoms with van der Waals surface area (Å²) in [4.78, 5) is 0. The summed E-state index contributed by atoms with van der Waals surface area (Å²) in [5.74, 6) is 0.568. The third-order valence-corrected chi connectivity index (χ3v) is 10.0. The highest BCUT2D eigenvalue weighted by Gasteiger charge is 2.42. The lowest BCUT2D eigenvalue weighted by molar-refractivity contribution is 0.294. The van der Waals surface area contributed by atoms with E-state index in [0.717, 1.165) is 18.9 Å². The summed E-state index contributed by atoms with van der Waals surface area (Å²) in [6.07, 6.45) is 1.82. The highest BCUT2D eigenvalue weighted by molar-refractivity contribution is 7.03. The number of aliphatic hydroxyl groups is 1. The Hall–Kier alpha value is -1.13. The van der Waals surface area contributed by atoms with Crippen molar-refractivity contribution in [2.45, 2.75) is 38.4 Å². The smallest absolute Gasteiger partial charge is 0.134 e. The molecule has 0 bridgehead atoms. The van der Waals surface area contributed by atoms with Gasteiger partial charge in [0.05, 0.1) is 0 Å². The Bertz CT molecular complexity index is 537. The van der Waals surface area contributed by atoms with Crippen molar-refractivity contribution < 1.29 is 5.11 Å². The molecule has 3 N–H and O–H groups in total. The monoisotopic (exact) mass is 363 g/mol. The summed E-state index contributed by atoms with van der Waals surface area (Å²) in [7, 11) is -2.12. The van der Waals surface area contributed by atoms with Crippen LogP contribution in [-0.2, 0) is 0 Å². The average Bonchev–Trinajstić information content (AvgIpc) is 2.57. The molecule has 2 nitrogen and oxygen atoms in total. The summed E-state index contributed by atoms with van der Waals surface area (Å²) in [5.41, 5.74) is 6.99. The zero-order chi connectivity index (χ0) is 16.7. The van der Waals surface area contributed by atoms with Gasteiger partial charge in [-0.1, -0.05) is 84.9 Å². The molecule has 2 aromatic rings. The number of nitrogens with two attached hydrogens (primary N) is 1. The molecule has 2 rings (SSSR count). The molecule has 0 aliphatic carbocycles. The van der Waals surface area contributed by atoms with Crippen molar-refractivity contribution in [3.63, 3.8) is 0 Å². The maximum absolute atomic E-state index is 9.47. The van der Waals surface area contributed by atoms with Gasteiger partial charge in [0.2, 0.25) is 0 Å². The van der Waals surface area contributed by atoms with Crippen LogP contribution in [-0.4, -0.2) is 25.5 Å². The van der Waals surface area contributed by atoms with E-state index < -0.39 is 8.07 Å². The Kier molecular flexibility index (Phi) is 8.71. The third-order valence-electron chi connectivity index (χ3n) is 4.67. The van der Waals surface area contributed by atoms with Crippen molar-refractivity contribution in [2.75, 3.05) is 6.61 Å². The number of hydrogen-bond donors (Lipinski definition) is 2. The molecule has 0 unspecified atom stereocenters. The van der Waals surface area contributed by atoms with Crippen molar-refractivity contribution in [1.29, 1.82) is 0 Å². The van der Waals surface area contributed by atoms with E-state index in [2.05, 4.69) is 74.5 Å². The lowest BCUT2D eigenvalue weighted by atomic mass is 10.1. The number of hydrogen-bond acceptors (Lipinski definition) is 2. The topological polar surface area (TPSA) is 46.2 Å². The second kappa shape index (κ2) is 9.99. The summed E-state index contributed by atoms with van der Waals surface area (Å²) < 4.78 is 0. The average molecular weight is 364 g/mol. The lowest BCUT2D eigenvalue weighted by Gasteiger charge is -2.39. The summed E-state index contributed by atoms with van der Waals surface area (Å²) in [5, 5.41) is 12.2. The molecule has 4 heteroatoms. The predicted molar refractivity (Wildman–Crippen MR) is 109 cm³/mol. The molecular formula is C20H30ClNOSi. The van der Waals surface area contributed by atoms with Crippen molar-refractivity contribution in [3.05, 3.63) is 60.7 Å². The minimum Gasteiger partial charge on any atom is -0.396 e. The first-order valence-electron chi connectivity index (χ1n) is 8.58. The predicted octanol–water partition coefficient (Wildman–Crippen LogP) is 2.97. The molecule has 0 heterocycles. The molecule has 0 amide bonds. The van der Waals surface area contributed by atoms with Crippen LogP contribution in [0.1, 0.15) is 26.7 Å². The second-order valence-corrected chi connectivity index (χ2v) is 11.1. The molecule has 24 heavy (non-hydrogen) atoms. The van der Waals surface area contributed by atoms with Gasteiger partial charge in [0.15, 0.2) is 0 Å². The highest BCUT2D eigenvalue weighted by Crippen LogP contribution is 2.21. The van der Waals surface area contributed by atoms with Gasteiger partial charge in [-0.2, -0.15) is 0 Å². The van der Waals surface area contributed by atoms with E-state index in [9.17, 15) is 5.11 Å². The van der Waals surface area contributed by atoms with Gasteiger partial charge >= 0.3 is 0 Å². The van der Waals surface area contributed by atoms with Crippen LogP contribution in [0.15, 0.2) is 60.7 Å². The molecule has 0 aliphatic heterocycles. The van der Waals surface area contributed by atoms with Gasteiger partial charge in [0, 0.05) is 12.3 Å². The number of aliphatic hydroxyl groups excluding tert-OH is 1. The SMILES string of the molecule is CC(C)C[C@H](N)[Si](CCCO)(c1ccccc1)c1ccccc1.Cl. The van der Waals surface area contributed by atoms with Crippen molar-refractivity contribution in [1.82, 2.24) is 0 Å². The molecule has 0 saturated carbocycles. The maximum Gasteiger partial charge on any atom is 0.134 e. The molecule has 2 aromatic carbocycles. The first kappa shape index (κ1) is 20.9. The molecule has 0 radical (unpaired) electrons. The first-order valence-corrected chi connectivity index (χ1v) is 10.9. The van der Waals surface area contributed by atoms with Gasteiger partial charge in [-0.3, -0.25) is 0 Å². The van der Waals surface area contributed by atoms with Crippen LogP contribution in [0.3, 0.4) is 0 Å². The fourth-order valence-electron chi connectivity index (χ4n) is 3.61. The molecule has 0 fully saturated rings. The molecular weight excluding hydrogens is 334 g/mol. The van der Waals surface area contributed by atoms with E-state index in [1.165, 1.54) is 10.4 Å². The van der Waals surface area contributed by atoms with Gasteiger partial charge < -0.3 is 10.8 Å². The van der Waals surface area contributed by atoms with Gasteiger partial charge in [-0.25, -0.2) is 0 Å². The minimum atomic E-state index is -2.12. The van der Waals surface area contributed by atoms with Crippen LogP contribution in [0.5, 0.6) is 0 Å². The lowest BCUT2D eigenvalue weighted by Crippen LogP contribution is -2.69. The van der Waals surface area contributed by atoms with E-state index in [1.54, 1.807) is 0 Å². The quantitative estimate of drug-likeness (QED) is 0.708. The van der Waals surface area contributed by atoms with Gasteiger partial charge in [-0.15, -0.1) is 12.4 Å². The van der Waals surface area contributed by atoms with Crippen LogP contribution in [0, 0.1) is 5.92 Å². The van der Waals surface area contributed by atoms with Crippen LogP contribution >= 0.6 is 12.4 Å². The zero-order valence-corrected chi connectivity index (χ0v) is 16.5. The van der Waals surface area contributed by atoms with Gasteiger partial charge in [0.1, 0.15) is 8.07 Å². The molecule has 132 valence electrons. The number of benzene rings is 2. The summed E-state index contributed by atoms with van der Waals surface area (Å²) >= 11 is 0.